The summed E-state index contributed by atoms with van der Waals surface area (Å²) in [5, 5.41) is 17.9. The second-order valence-corrected chi connectivity index (χ2v) is 4.71. The molecule has 0 aromatic heterocycles. The zero-order chi connectivity index (χ0) is 11.2. The predicted octanol–water partition coefficient (Wildman–Crippen LogP) is -3.51. The Labute approximate surface area is 113 Å². The van der Waals surface area contributed by atoms with Gasteiger partial charge in [0, 0.05) is 13.0 Å². The average Bonchev–Trinajstić information content (AvgIpc) is 1.96. The molecule has 15 heavy (non-hydrogen) atoms. The topological polar surface area (TPSA) is 104 Å². The summed E-state index contributed by atoms with van der Waals surface area (Å²) in [7, 11) is -3.97. The van der Waals surface area contributed by atoms with E-state index in [4.69, 9.17) is 14.4 Å². The van der Waals surface area contributed by atoms with Crippen LogP contribution in [-0.4, -0.2) is 47.9 Å². The Morgan fingerprint density at radius 3 is 2.40 bits per heavy atom. The van der Waals surface area contributed by atoms with Crippen LogP contribution < -0.4 is 29.6 Å². The number of aliphatic hydroxyl groups excluding tert-OH is 1. The molecule has 0 heterocycles. The van der Waals surface area contributed by atoms with Crippen molar-refractivity contribution in [3.8, 4) is 0 Å². The smallest absolute Gasteiger partial charge is 1.00 e. The first kappa shape index (κ1) is 18.2. The van der Waals surface area contributed by atoms with E-state index in [1.165, 1.54) is 6.92 Å². The molecule has 3 N–H and O–H groups in total. The minimum Gasteiger partial charge on any atom is -1.00 e. The van der Waals surface area contributed by atoms with Gasteiger partial charge in [-0.25, -0.2) is 0 Å². The number of rotatable bonds is 7. The Kier molecular flexibility index (Phi) is 9.65. The van der Waals surface area contributed by atoms with E-state index in [-0.39, 0.29) is 57.0 Å². The van der Waals surface area contributed by atoms with E-state index in [0.29, 0.717) is 0 Å². The number of hydrogen-bond donors (Lipinski definition) is 3. The van der Waals surface area contributed by atoms with Crippen LogP contribution in [-0.2, 0) is 14.9 Å². The van der Waals surface area contributed by atoms with E-state index in [0.717, 1.165) is 0 Å². The molecule has 0 aromatic rings. The maximum absolute atomic E-state index is 10.3. The van der Waals surface area contributed by atoms with Crippen molar-refractivity contribution in [2.75, 3.05) is 19.0 Å². The van der Waals surface area contributed by atoms with Crippen molar-refractivity contribution in [1.82, 2.24) is 0 Å². The molecule has 0 bridgehead atoms. The Hall–Kier alpha value is 0.790. The van der Waals surface area contributed by atoms with Gasteiger partial charge in [-0.2, -0.15) is 8.42 Å². The van der Waals surface area contributed by atoms with Gasteiger partial charge in [0.25, 0.3) is 10.1 Å². The number of aliphatic hydroxyl groups is 2. The van der Waals surface area contributed by atoms with Gasteiger partial charge in [-0.1, -0.05) is 0 Å². The van der Waals surface area contributed by atoms with Gasteiger partial charge in [0.05, 0.1) is 12.4 Å². The van der Waals surface area contributed by atoms with Gasteiger partial charge >= 0.3 is 29.6 Å². The van der Waals surface area contributed by atoms with E-state index in [2.05, 4.69) is 0 Å². The molecule has 6 nitrogen and oxygen atoms in total. The van der Waals surface area contributed by atoms with Crippen LogP contribution in [0.4, 0.5) is 0 Å². The van der Waals surface area contributed by atoms with Crippen molar-refractivity contribution in [3.05, 3.63) is 0 Å². The molecule has 0 rings (SSSR count). The second-order valence-electron chi connectivity index (χ2n) is 3.14. The van der Waals surface area contributed by atoms with Gasteiger partial charge in [-0.3, -0.25) is 4.55 Å². The quantitative estimate of drug-likeness (QED) is 0.188. The number of ether oxygens (including phenoxy) is 1. The molecule has 1 atom stereocenters. The van der Waals surface area contributed by atoms with Crippen molar-refractivity contribution in [2.24, 2.45) is 0 Å². The third-order valence-electron chi connectivity index (χ3n) is 1.54. The average molecular weight is 252 g/mol. The fourth-order valence-corrected chi connectivity index (χ4v) is 1.30. The second kappa shape index (κ2) is 7.97. The van der Waals surface area contributed by atoms with Crippen LogP contribution in [0.2, 0.25) is 0 Å². The van der Waals surface area contributed by atoms with Crippen LogP contribution in [0.25, 0.3) is 0 Å². The predicted molar refractivity (Wildman–Crippen MR) is 50.4 cm³/mol. The standard InChI is InChI=1S/C7H16O6S.Na.H/c1-7(9,3-4-8)13-5-2-6-14(10,11)12;;/h8-9H,2-6H2,1H3,(H,10,11,12);;/q;+1;-1. The molecule has 0 spiro atoms. The Morgan fingerprint density at radius 2 is 2.00 bits per heavy atom. The summed E-state index contributed by atoms with van der Waals surface area (Å²) in [6.07, 6.45) is 0.152. The van der Waals surface area contributed by atoms with E-state index in [9.17, 15) is 13.5 Å². The van der Waals surface area contributed by atoms with Crippen LogP contribution in [0.5, 0.6) is 0 Å². The summed E-state index contributed by atoms with van der Waals surface area (Å²) in [5.41, 5.74) is 0. The monoisotopic (exact) mass is 252 g/mol. The summed E-state index contributed by atoms with van der Waals surface area (Å²) in [6.45, 7) is 1.16. The molecule has 0 aliphatic rings. The molecule has 1 unspecified atom stereocenters. The maximum atomic E-state index is 10.3. The molecule has 8 heteroatoms. The van der Waals surface area contributed by atoms with Crippen molar-refractivity contribution in [2.45, 2.75) is 25.6 Å². The molecule has 0 amide bonds. The normalized spacial score (nSPS) is 15.5. The van der Waals surface area contributed by atoms with Gasteiger partial charge in [0.2, 0.25) is 0 Å². The van der Waals surface area contributed by atoms with Crippen molar-refractivity contribution < 1.29 is 58.9 Å². The Morgan fingerprint density at radius 1 is 1.47 bits per heavy atom. The molecule has 0 fully saturated rings. The van der Waals surface area contributed by atoms with E-state index >= 15 is 0 Å². The van der Waals surface area contributed by atoms with Gasteiger partial charge in [0.15, 0.2) is 5.79 Å². The molecule has 0 aliphatic heterocycles. The summed E-state index contributed by atoms with van der Waals surface area (Å²) in [5.74, 6) is -1.85. The van der Waals surface area contributed by atoms with Gasteiger partial charge in [-0.05, 0) is 13.3 Å². The summed E-state index contributed by atoms with van der Waals surface area (Å²) >= 11 is 0. The first-order valence-corrected chi connectivity index (χ1v) is 5.80. The fourth-order valence-electron chi connectivity index (χ4n) is 0.813. The van der Waals surface area contributed by atoms with E-state index < -0.39 is 21.7 Å². The third-order valence-corrected chi connectivity index (χ3v) is 2.34. The van der Waals surface area contributed by atoms with Crippen molar-refractivity contribution in [1.29, 1.82) is 0 Å². The minimum atomic E-state index is -3.97. The van der Waals surface area contributed by atoms with E-state index in [1.54, 1.807) is 0 Å². The molecule has 88 valence electrons. The van der Waals surface area contributed by atoms with Crippen LogP contribution in [0.1, 0.15) is 21.2 Å². The van der Waals surface area contributed by atoms with Gasteiger partial charge in [0.1, 0.15) is 0 Å². The summed E-state index contributed by atoms with van der Waals surface area (Å²) < 4.78 is 33.8. The molecule has 0 radical (unpaired) electrons. The molecule has 0 saturated heterocycles. The van der Waals surface area contributed by atoms with E-state index in [1.807, 2.05) is 0 Å². The first-order chi connectivity index (χ1) is 6.27. The Bertz CT molecular complexity index is 256. The summed E-state index contributed by atoms with van der Waals surface area (Å²) in [6, 6.07) is 0. The van der Waals surface area contributed by atoms with Crippen molar-refractivity contribution in [3.63, 3.8) is 0 Å². The Balaban J connectivity index is -0.000000845. The summed E-state index contributed by atoms with van der Waals surface area (Å²) in [4.78, 5) is 0. The SMILES string of the molecule is CC(O)(CCO)OCCCS(=O)(=O)O.[H-].[Na+]. The van der Waals surface area contributed by atoms with Crippen molar-refractivity contribution >= 4 is 10.1 Å². The molecule has 0 saturated carbocycles. The largest absolute Gasteiger partial charge is 1.00 e. The zero-order valence-corrected chi connectivity index (χ0v) is 11.8. The fraction of sp³-hybridized carbons (Fsp3) is 1.00. The third kappa shape index (κ3) is 12.7. The maximum Gasteiger partial charge on any atom is 1.00 e. The van der Waals surface area contributed by atoms with Crippen LogP contribution in [0, 0.1) is 0 Å². The molecule has 0 aliphatic carbocycles. The van der Waals surface area contributed by atoms with Crippen LogP contribution in [0.3, 0.4) is 0 Å². The molecular formula is C7H17NaO6S. The van der Waals surface area contributed by atoms with Crippen LogP contribution in [0.15, 0.2) is 0 Å². The van der Waals surface area contributed by atoms with Gasteiger partial charge < -0.3 is 16.4 Å². The first-order valence-electron chi connectivity index (χ1n) is 4.19. The number of hydrogen-bond acceptors (Lipinski definition) is 5. The molecule has 0 aromatic carbocycles. The minimum absolute atomic E-state index is 0. The van der Waals surface area contributed by atoms with Crippen LogP contribution >= 0.6 is 0 Å². The molecular weight excluding hydrogens is 235 g/mol. The zero-order valence-electron chi connectivity index (χ0n) is 10.0. The van der Waals surface area contributed by atoms with Gasteiger partial charge in [-0.15, -0.1) is 0 Å².